The molecule has 0 aromatic heterocycles. The molecule has 21 heavy (non-hydrogen) atoms. The number of rotatable bonds is 5. The molecule has 1 heterocycles. The normalized spacial score (nSPS) is 17.9. The summed E-state index contributed by atoms with van der Waals surface area (Å²) in [5.41, 5.74) is 5.08. The molecule has 1 saturated heterocycles. The zero-order valence-corrected chi connectivity index (χ0v) is 12.1. The fourth-order valence-electron chi connectivity index (χ4n) is 2.61. The summed E-state index contributed by atoms with van der Waals surface area (Å²) >= 11 is 0. The molecule has 0 atom stereocenters. The minimum atomic E-state index is -0.801. The van der Waals surface area contributed by atoms with Crippen molar-refractivity contribution in [1.29, 1.82) is 0 Å². The van der Waals surface area contributed by atoms with E-state index in [9.17, 15) is 14.3 Å². The van der Waals surface area contributed by atoms with Crippen molar-refractivity contribution in [3.8, 4) is 0 Å². The maximum atomic E-state index is 13.8. The zero-order chi connectivity index (χ0) is 15.5. The molecular formula is C15H21FN2O3. The lowest BCUT2D eigenvalue weighted by Crippen LogP contribution is -2.45. The topological polar surface area (TPSA) is 75.8 Å². The lowest BCUT2D eigenvalue weighted by molar-refractivity contribution is -0.0778. The van der Waals surface area contributed by atoms with E-state index in [1.54, 1.807) is 0 Å². The second-order valence-corrected chi connectivity index (χ2v) is 5.68. The zero-order valence-electron chi connectivity index (χ0n) is 12.1. The lowest BCUT2D eigenvalue weighted by atomic mass is 9.94. The Morgan fingerprint density at radius 3 is 2.76 bits per heavy atom. The number of nitrogens with two attached hydrogens (primary N) is 1. The van der Waals surface area contributed by atoms with Gasteiger partial charge in [-0.1, -0.05) is 0 Å². The number of nitrogens with zero attached hydrogens (tertiary/aromatic N) is 1. The second-order valence-electron chi connectivity index (χ2n) is 5.68. The monoisotopic (exact) mass is 296 g/mol. The predicted octanol–water partition coefficient (Wildman–Crippen LogP) is 0.898. The summed E-state index contributed by atoms with van der Waals surface area (Å²) in [6, 6.07) is 4.07. The van der Waals surface area contributed by atoms with Crippen LogP contribution in [0, 0.1) is 5.82 Å². The van der Waals surface area contributed by atoms with Crippen LogP contribution in [0.2, 0.25) is 0 Å². The van der Waals surface area contributed by atoms with Gasteiger partial charge in [-0.3, -0.25) is 9.69 Å². The van der Waals surface area contributed by atoms with Crippen molar-refractivity contribution in [2.45, 2.75) is 25.0 Å². The Hall–Kier alpha value is -1.50. The summed E-state index contributed by atoms with van der Waals surface area (Å²) in [7, 11) is 1.81. The predicted molar refractivity (Wildman–Crippen MR) is 76.3 cm³/mol. The smallest absolute Gasteiger partial charge is 0.248 e. The number of hydrogen-bond acceptors (Lipinski definition) is 4. The number of aliphatic hydroxyl groups is 1. The van der Waals surface area contributed by atoms with E-state index < -0.39 is 11.5 Å². The highest BCUT2D eigenvalue weighted by Gasteiger charge is 2.31. The Morgan fingerprint density at radius 2 is 2.14 bits per heavy atom. The molecule has 3 N–H and O–H groups in total. The summed E-state index contributed by atoms with van der Waals surface area (Å²) in [5.74, 6) is -0.965. The maximum absolute atomic E-state index is 13.8. The Morgan fingerprint density at radius 1 is 1.48 bits per heavy atom. The average molecular weight is 296 g/mol. The van der Waals surface area contributed by atoms with E-state index in [0.29, 0.717) is 44.7 Å². The molecular weight excluding hydrogens is 275 g/mol. The fraction of sp³-hybridized carbons (Fsp3) is 0.533. The molecule has 6 heteroatoms. The van der Waals surface area contributed by atoms with Crippen molar-refractivity contribution in [2.75, 3.05) is 26.8 Å². The van der Waals surface area contributed by atoms with E-state index in [1.165, 1.54) is 18.2 Å². The molecule has 1 aromatic rings. The quantitative estimate of drug-likeness (QED) is 0.846. The first-order chi connectivity index (χ1) is 9.89. The van der Waals surface area contributed by atoms with Gasteiger partial charge >= 0.3 is 0 Å². The Labute approximate surface area is 123 Å². The number of carbonyl (C=O) groups excluding carboxylic acids is 1. The van der Waals surface area contributed by atoms with Crippen LogP contribution < -0.4 is 5.73 Å². The molecule has 1 aliphatic rings. The molecule has 2 rings (SSSR count). The maximum Gasteiger partial charge on any atom is 0.248 e. The highest BCUT2D eigenvalue weighted by molar-refractivity contribution is 5.92. The third-order valence-electron chi connectivity index (χ3n) is 3.76. The van der Waals surface area contributed by atoms with Gasteiger partial charge in [0, 0.05) is 50.3 Å². The molecule has 0 saturated carbocycles. The molecule has 1 aliphatic heterocycles. The van der Waals surface area contributed by atoms with Crippen molar-refractivity contribution in [1.82, 2.24) is 4.90 Å². The van der Waals surface area contributed by atoms with Crippen molar-refractivity contribution in [3.63, 3.8) is 0 Å². The van der Waals surface area contributed by atoms with E-state index in [-0.39, 0.29) is 11.4 Å². The highest BCUT2D eigenvalue weighted by atomic mass is 19.1. The number of primary amides is 1. The highest BCUT2D eigenvalue weighted by Crippen LogP contribution is 2.22. The molecule has 1 amide bonds. The van der Waals surface area contributed by atoms with Gasteiger partial charge < -0.3 is 15.6 Å². The summed E-state index contributed by atoms with van der Waals surface area (Å²) in [6.07, 6.45) is 1.14. The fourth-order valence-corrected chi connectivity index (χ4v) is 2.61. The minimum Gasteiger partial charge on any atom is -0.388 e. The van der Waals surface area contributed by atoms with E-state index in [2.05, 4.69) is 0 Å². The third kappa shape index (κ3) is 4.23. The van der Waals surface area contributed by atoms with Gasteiger partial charge in [0.2, 0.25) is 5.91 Å². The van der Waals surface area contributed by atoms with Gasteiger partial charge in [-0.2, -0.15) is 0 Å². The number of halogens is 1. The first-order valence-corrected chi connectivity index (χ1v) is 6.96. The van der Waals surface area contributed by atoms with Gasteiger partial charge in [-0.25, -0.2) is 4.39 Å². The standard InChI is InChI=1S/C15H21FN2O3/c1-18(10-15(20)4-6-21-7-5-15)9-12-8-11(14(17)19)2-3-13(12)16/h2-3,8,20H,4-7,9-10H2,1H3,(H2,17,19). The van der Waals surface area contributed by atoms with Crippen LogP contribution in [-0.2, 0) is 11.3 Å². The van der Waals surface area contributed by atoms with Crippen molar-refractivity contribution < 1.29 is 19.0 Å². The van der Waals surface area contributed by atoms with Crippen LogP contribution in [0.25, 0.3) is 0 Å². The molecule has 0 spiro atoms. The van der Waals surface area contributed by atoms with Crippen LogP contribution in [0.1, 0.15) is 28.8 Å². The third-order valence-corrected chi connectivity index (χ3v) is 3.76. The SMILES string of the molecule is CN(Cc1cc(C(N)=O)ccc1F)CC1(O)CCOCC1. The van der Waals surface area contributed by atoms with Gasteiger partial charge in [0.05, 0.1) is 5.60 Å². The number of ether oxygens (including phenoxy) is 1. The number of hydrogen-bond donors (Lipinski definition) is 2. The summed E-state index contributed by atoms with van der Waals surface area (Å²) in [6.45, 7) is 1.80. The Kier molecular flexibility index (Phi) is 4.92. The van der Waals surface area contributed by atoms with E-state index in [4.69, 9.17) is 10.5 Å². The summed E-state index contributed by atoms with van der Waals surface area (Å²) in [4.78, 5) is 13.0. The Balaban J connectivity index is 2.03. The van der Waals surface area contributed by atoms with E-state index >= 15 is 0 Å². The molecule has 0 aliphatic carbocycles. The van der Waals surface area contributed by atoms with Crippen LogP contribution >= 0.6 is 0 Å². The minimum absolute atomic E-state index is 0.282. The first-order valence-electron chi connectivity index (χ1n) is 6.96. The largest absolute Gasteiger partial charge is 0.388 e. The van der Waals surface area contributed by atoms with Gasteiger partial charge in [0.25, 0.3) is 0 Å². The van der Waals surface area contributed by atoms with Crippen LogP contribution in [0.15, 0.2) is 18.2 Å². The molecule has 0 unspecified atom stereocenters. The Bertz CT molecular complexity index is 516. The van der Waals surface area contributed by atoms with Gasteiger partial charge in [-0.05, 0) is 25.2 Å². The number of amides is 1. The average Bonchev–Trinajstić information content (AvgIpc) is 2.41. The number of carbonyl (C=O) groups is 1. The van der Waals surface area contributed by atoms with Crippen LogP contribution in [-0.4, -0.2) is 48.3 Å². The summed E-state index contributed by atoms with van der Waals surface area (Å²) in [5, 5.41) is 10.4. The van der Waals surface area contributed by atoms with Crippen molar-refractivity contribution >= 4 is 5.91 Å². The molecule has 116 valence electrons. The molecule has 5 nitrogen and oxygen atoms in total. The van der Waals surface area contributed by atoms with Gasteiger partial charge in [0.15, 0.2) is 0 Å². The molecule has 1 fully saturated rings. The van der Waals surface area contributed by atoms with Crippen molar-refractivity contribution in [2.24, 2.45) is 5.73 Å². The van der Waals surface area contributed by atoms with Gasteiger partial charge in [0.1, 0.15) is 5.82 Å². The molecule has 1 aromatic carbocycles. The number of likely N-dealkylation sites (N-methyl/N-ethyl adjacent to an activating group) is 1. The number of benzene rings is 1. The van der Waals surface area contributed by atoms with E-state index in [0.717, 1.165) is 0 Å². The van der Waals surface area contributed by atoms with Crippen LogP contribution in [0.5, 0.6) is 0 Å². The lowest BCUT2D eigenvalue weighted by Gasteiger charge is -2.35. The summed E-state index contributed by atoms with van der Waals surface area (Å²) < 4.78 is 19.0. The van der Waals surface area contributed by atoms with Crippen LogP contribution in [0.3, 0.4) is 0 Å². The van der Waals surface area contributed by atoms with Crippen LogP contribution in [0.4, 0.5) is 4.39 Å². The van der Waals surface area contributed by atoms with Crippen molar-refractivity contribution in [3.05, 3.63) is 35.1 Å². The molecule has 0 radical (unpaired) electrons. The molecule has 0 bridgehead atoms. The second kappa shape index (κ2) is 6.51. The first kappa shape index (κ1) is 15.9. The van der Waals surface area contributed by atoms with E-state index in [1.807, 2.05) is 11.9 Å². The van der Waals surface area contributed by atoms with Gasteiger partial charge in [-0.15, -0.1) is 0 Å².